The third-order valence-electron chi connectivity index (χ3n) is 6.41. The zero-order valence-electron chi connectivity index (χ0n) is 23.0. The Labute approximate surface area is 258 Å². The summed E-state index contributed by atoms with van der Waals surface area (Å²) in [6, 6.07) is 32.4. The molecule has 0 aromatic heterocycles. The van der Waals surface area contributed by atoms with Crippen LogP contribution in [0.2, 0.25) is 10.0 Å². The summed E-state index contributed by atoms with van der Waals surface area (Å²) in [7, 11) is 0. The Bertz CT molecular complexity index is 1780. The molecule has 0 heterocycles. The highest BCUT2D eigenvalue weighted by Crippen LogP contribution is 2.29. The molecule has 5 aromatic rings. The zero-order chi connectivity index (χ0) is 30.2. The van der Waals surface area contributed by atoms with Crippen LogP contribution in [0.3, 0.4) is 0 Å². The topological polar surface area (TPSA) is 86.2 Å². The number of rotatable bonds is 10. The molecule has 43 heavy (non-hydrogen) atoms. The second-order valence-corrected chi connectivity index (χ2v) is 10.3. The van der Waals surface area contributed by atoms with Gasteiger partial charge in [0.15, 0.2) is 6.10 Å². The fraction of sp³-hybridized carbons (Fsp3) is 0.0882. The van der Waals surface area contributed by atoms with E-state index in [1.54, 1.807) is 43.3 Å². The predicted octanol–water partition coefficient (Wildman–Crippen LogP) is 7.86. The van der Waals surface area contributed by atoms with E-state index in [-0.39, 0.29) is 16.3 Å². The maximum atomic E-state index is 12.9. The summed E-state index contributed by atoms with van der Waals surface area (Å²) in [5.74, 6) is 0.304. The molecule has 0 saturated carbocycles. The second kappa shape index (κ2) is 13.9. The number of carbonyl (C=O) groups is 2. The molecule has 216 valence electrons. The van der Waals surface area contributed by atoms with Crippen LogP contribution in [0.15, 0.2) is 114 Å². The van der Waals surface area contributed by atoms with Gasteiger partial charge in [0.25, 0.3) is 5.91 Å². The Kier molecular flexibility index (Phi) is 9.56. The number of esters is 1. The van der Waals surface area contributed by atoms with Crippen LogP contribution in [-0.4, -0.2) is 24.2 Å². The first-order chi connectivity index (χ1) is 20.9. The lowest BCUT2D eigenvalue weighted by atomic mass is 10.0. The molecule has 0 bridgehead atoms. The minimum Gasteiger partial charge on any atom is -0.489 e. The van der Waals surface area contributed by atoms with Gasteiger partial charge in [-0.1, -0.05) is 83.9 Å². The Morgan fingerprint density at radius 2 is 1.58 bits per heavy atom. The highest BCUT2D eigenvalue weighted by molar-refractivity contribution is 6.36. The molecule has 7 nitrogen and oxygen atoms in total. The molecule has 1 atom stereocenters. The van der Waals surface area contributed by atoms with Gasteiger partial charge in [-0.05, 0) is 71.8 Å². The number of hydrazone groups is 1. The van der Waals surface area contributed by atoms with Crippen LogP contribution in [0.4, 0.5) is 0 Å². The average molecular weight is 613 g/mol. The molecule has 0 radical (unpaired) electrons. The Morgan fingerprint density at radius 1 is 0.860 bits per heavy atom. The number of benzene rings is 5. The van der Waals surface area contributed by atoms with Crippen LogP contribution in [-0.2, 0) is 11.4 Å². The molecule has 9 heteroatoms. The first-order valence-corrected chi connectivity index (χ1v) is 14.1. The van der Waals surface area contributed by atoms with Crippen LogP contribution in [0.5, 0.6) is 17.2 Å². The van der Waals surface area contributed by atoms with Crippen molar-refractivity contribution in [1.82, 2.24) is 5.43 Å². The summed E-state index contributed by atoms with van der Waals surface area (Å²) in [5.41, 5.74) is 4.22. The molecule has 1 unspecified atom stereocenters. The van der Waals surface area contributed by atoms with Gasteiger partial charge in [-0.2, -0.15) is 5.10 Å². The molecule has 5 aromatic carbocycles. The quantitative estimate of drug-likeness (QED) is 0.0750. The summed E-state index contributed by atoms with van der Waals surface area (Å²) in [5, 5.41) is 6.37. The molecule has 0 aliphatic carbocycles. The molecule has 0 fully saturated rings. The van der Waals surface area contributed by atoms with Crippen molar-refractivity contribution in [3.63, 3.8) is 0 Å². The number of amides is 1. The van der Waals surface area contributed by atoms with E-state index in [0.717, 1.165) is 16.3 Å². The van der Waals surface area contributed by atoms with Gasteiger partial charge < -0.3 is 14.2 Å². The Balaban J connectivity index is 1.24. The molecule has 1 amide bonds. The summed E-state index contributed by atoms with van der Waals surface area (Å²) in [6.07, 6.45) is 0.586. The van der Waals surface area contributed by atoms with Gasteiger partial charge in [-0.25, -0.2) is 10.2 Å². The molecule has 0 aliphatic rings. The van der Waals surface area contributed by atoms with Crippen LogP contribution in [0.1, 0.15) is 28.4 Å². The first-order valence-electron chi connectivity index (χ1n) is 13.3. The lowest BCUT2D eigenvalue weighted by Crippen LogP contribution is -2.33. The lowest BCUT2D eigenvalue weighted by Gasteiger charge is -2.14. The van der Waals surface area contributed by atoms with E-state index in [2.05, 4.69) is 10.5 Å². The van der Waals surface area contributed by atoms with Crippen molar-refractivity contribution in [2.75, 3.05) is 0 Å². The van der Waals surface area contributed by atoms with Crippen molar-refractivity contribution >= 4 is 52.1 Å². The summed E-state index contributed by atoms with van der Waals surface area (Å²) < 4.78 is 17.3. The largest absolute Gasteiger partial charge is 0.489 e. The maximum absolute atomic E-state index is 12.9. The monoisotopic (exact) mass is 612 g/mol. The lowest BCUT2D eigenvalue weighted by molar-refractivity contribution is -0.127. The van der Waals surface area contributed by atoms with E-state index >= 15 is 0 Å². The summed E-state index contributed by atoms with van der Waals surface area (Å²) in [6.45, 7) is 2.07. The van der Waals surface area contributed by atoms with E-state index in [9.17, 15) is 9.59 Å². The van der Waals surface area contributed by atoms with Gasteiger partial charge in [-0.3, -0.25) is 4.79 Å². The van der Waals surface area contributed by atoms with E-state index < -0.39 is 18.0 Å². The normalized spacial score (nSPS) is 11.7. The van der Waals surface area contributed by atoms with Crippen LogP contribution in [0.25, 0.3) is 10.8 Å². The number of ether oxygens (including phenoxy) is 3. The standard InChI is InChI=1S/C34H26Cl2N2O5/c1-22(42-27-15-13-26(14-16-27)41-21-23-7-3-2-4-8-23)33(39)38-37-20-30-28-10-6-5-9-24(28)11-18-32(30)43-34(40)29-17-12-25(35)19-31(29)36/h2-20,22H,21H2,1H3,(H,38,39)/b37-20+. The minimum atomic E-state index is -0.843. The number of nitrogens with one attached hydrogen (secondary N) is 1. The van der Waals surface area contributed by atoms with Gasteiger partial charge in [0.2, 0.25) is 0 Å². The zero-order valence-corrected chi connectivity index (χ0v) is 24.5. The van der Waals surface area contributed by atoms with Crippen molar-refractivity contribution in [3.8, 4) is 17.2 Å². The number of halogens is 2. The third-order valence-corrected chi connectivity index (χ3v) is 6.95. The molecular weight excluding hydrogens is 587 g/mol. The number of hydrogen-bond donors (Lipinski definition) is 1. The van der Waals surface area contributed by atoms with Crippen LogP contribution < -0.4 is 19.6 Å². The van der Waals surface area contributed by atoms with E-state index in [4.69, 9.17) is 37.4 Å². The summed E-state index contributed by atoms with van der Waals surface area (Å²) >= 11 is 12.2. The SMILES string of the molecule is CC(Oc1ccc(OCc2ccccc2)cc1)C(=O)N/N=C/c1c(OC(=O)c2ccc(Cl)cc2Cl)ccc2ccccc12. The summed E-state index contributed by atoms with van der Waals surface area (Å²) in [4.78, 5) is 25.7. The Hall–Kier alpha value is -4.85. The molecule has 1 N–H and O–H groups in total. The third kappa shape index (κ3) is 7.71. The fourth-order valence-corrected chi connectivity index (χ4v) is 4.66. The van der Waals surface area contributed by atoms with Crippen LogP contribution in [0, 0.1) is 0 Å². The van der Waals surface area contributed by atoms with Crippen molar-refractivity contribution in [2.45, 2.75) is 19.6 Å². The maximum Gasteiger partial charge on any atom is 0.345 e. The van der Waals surface area contributed by atoms with Crippen molar-refractivity contribution < 1.29 is 23.8 Å². The first kappa shape index (κ1) is 29.6. The van der Waals surface area contributed by atoms with Crippen LogP contribution >= 0.6 is 23.2 Å². The van der Waals surface area contributed by atoms with Gasteiger partial charge >= 0.3 is 5.97 Å². The van der Waals surface area contributed by atoms with Gasteiger partial charge in [0.05, 0.1) is 16.8 Å². The molecule has 0 saturated heterocycles. The number of nitrogens with zero attached hydrogens (tertiary/aromatic N) is 1. The number of fused-ring (bicyclic) bond motifs is 1. The highest BCUT2D eigenvalue weighted by Gasteiger charge is 2.17. The number of hydrogen-bond acceptors (Lipinski definition) is 6. The van der Waals surface area contributed by atoms with E-state index in [1.807, 2.05) is 60.7 Å². The average Bonchev–Trinajstić information content (AvgIpc) is 3.02. The van der Waals surface area contributed by atoms with Crippen molar-refractivity contribution in [2.24, 2.45) is 5.10 Å². The predicted molar refractivity (Wildman–Crippen MR) is 168 cm³/mol. The van der Waals surface area contributed by atoms with Gasteiger partial charge in [-0.15, -0.1) is 0 Å². The fourth-order valence-electron chi connectivity index (χ4n) is 4.17. The molecule has 5 rings (SSSR count). The Morgan fingerprint density at radius 3 is 2.35 bits per heavy atom. The number of carbonyl (C=O) groups excluding carboxylic acids is 2. The van der Waals surface area contributed by atoms with Crippen molar-refractivity contribution in [3.05, 3.63) is 136 Å². The highest BCUT2D eigenvalue weighted by atomic mass is 35.5. The van der Waals surface area contributed by atoms with E-state index in [0.29, 0.717) is 28.7 Å². The smallest absolute Gasteiger partial charge is 0.345 e. The molecule has 0 aliphatic heterocycles. The second-order valence-electron chi connectivity index (χ2n) is 9.45. The molecule has 0 spiro atoms. The van der Waals surface area contributed by atoms with Gasteiger partial charge in [0.1, 0.15) is 23.9 Å². The van der Waals surface area contributed by atoms with Gasteiger partial charge in [0, 0.05) is 10.6 Å². The minimum absolute atomic E-state index is 0.164. The van der Waals surface area contributed by atoms with Crippen molar-refractivity contribution in [1.29, 1.82) is 0 Å². The van der Waals surface area contributed by atoms with E-state index in [1.165, 1.54) is 18.3 Å². The molecular formula is C34H26Cl2N2O5.